The lowest BCUT2D eigenvalue weighted by molar-refractivity contribution is 0.445. The maximum absolute atomic E-state index is 14.9. The molecule has 0 bridgehead atoms. The minimum absolute atomic E-state index is 0.00727. The third-order valence-electron chi connectivity index (χ3n) is 7.08. The largest absolute Gasteiger partial charge is 0.458 e. The van der Waals surface area contributed by atoms with Gasteiger partial charge < -0.3 is 10.2 Å². The van der Waals surface area contributed by atoms with E-state index in [1.54, 1.807) is 32.0 Å². The Hall–Kier alpha value is -5.17. The molecule has 0 aliphatic heterocycles. The summed E-state index contributed by atoms with van der Waals surface area (Å²) in [6.45, 7) is 3.46. The molecular formula is C30H24F2N6O4S. The van der Waals surface area contributed by atoms with Crippen LogP contribution >= 0.6 is 0 Å². The first-order valence-corrected chi connectivity index (χ1v) is 14.9. The van der Waals surface area contributed by atoms with Gasteiger partial charge in [-0.15, -0.1) is 0 Å². The lowest BCUT2D eigenvalue weighted by atomic mass is 9.99. The molecule has 0 amide bonds. The fraction of sp³-hybridized carbons (Fsp3) is 0.133. The van der Waals surface area contributed by atoms with Crippen molar-refractivity contribution in [3.63, 3.8) is 0 Å². The number of anilines is 2. The fourth-order valence-corrected chi connectivity index (χ4v) is 5.70. The molecule has 0 spiro atoms. The molecule has 13 heteroatoms. The molecule has 3 aromatic carbocycles. The Morgan fingerprint density at radius 2 is 1.77 bits per heavy atom. The van der Waals surface area contributed by atoms with Crippen LogP contribution in [0.1, 0.15) is 24.3 Å². The molecule has 6 rings (SSSR count). The topological polar surface area (TPSA) is 146 Å². The molecule has 3 heterocycles. The van der Waals surface area contributed by atoms with Gasteiger partial charge in [-0.2, -0.15) is 5.10 Å². The summed E-state index contributed by atoms with van der Waals surface area (Å²) in [5, 5.41) is 4.91. The monoisotopic (exact) mass is 602 g/mol. The van der Waals surface area contributed by atoms with Gasteiger partial charge in [0.25, 0.3) is 0 Å². The van der Waals surface area contributed by atoms with Gasteiger partial charge in [0.1, 0.15) is 52.2 Å². The summed E-state index contributed by atoms with van der Waals surface area (Å²) in [6.07, 6.45) is 2.31. The summed E-state index contributed by atoms with van der Waals surface area (Å²) in [7, 11) is -3.57. The molecule has 6 aromatic rings. The molecule has 43 heavy (non-hydrogen) atoms. The van der Waals surface area contributed by atoms with Crippen molar-refractivity contribution in [2.24, 2.45) is 0 Å². The van der Waals surface area contributed by atoms with Crippen LogP contribution in [0.15, 0.2) is 76.2 Å². The molecule has 3 N–H and O–H groups in total. The van der Waals surface area contributed by atoms with Crippen molar-refractivity contribution in [3.8, 4) is 22.4 Å². The number of nitrogen functional groups attached to an aromatic ring is 1. The van der Waals surface area contributed by atoms with E-state index in [2.05, 4.69) is 14.7 Å². The van der Waals surface area contributed by atoms with E-state index < -0.39 is 33.1 Å². The Morgan fingerprint density at radius 3 is 2.51 bits per heavy atom. The number of aryl methyl sites for hydroxylation is 1. The summed E-state index contributed by atoms with van der Waals surface area (Å²) in [6, 6.07) is 13.7. The van der Waals surface area contributed by atoms with Crippen molar-refractivity contribution in [2.75, 3.05) is 16.7 Å². The maximum atomic E-state index is 14.9. The van der Waals surface area contributed by atoms with E-state index in [0.717, 1.165) is 12.3 Å². The first-order valence-electron chi connectivity index (χ1n) is 13.0. The standard InChI is InChI=1S/C30H24F2N6O4S/c1-15-10-11-18(13-21(15)37-43(3,40)41)26-25-29(33)34-14-35-30(25)38(36-26)16(2)28-23(17-6-4-7-19(31)12-17)27(39)24-20(32)8-5-9-22(24)42-28/h4-14,16,37H,1-3H3,(H2,33,34,35). The second-order valence-electron chi connectivity index (χ2n) is 10.1. The average molecular weight is 603 g/mol. The normalized spacial score (nSPS) is 12.6. The average Bonchev–Trinajstić information content (AvgIpc) is 3.34. The van der Waals surface area contributed by atoms with Crippen LogP contribution in [0, 0.1) is 18.6 Å². The predicted molar refractivity (Wildman–Crippen MR) is 160 cm³/mol. The summed E-state index contributed by atoms with van der Waals surface area (Å²) in [4.78, 5) is 22.3. The minimum atomic E-state index is -3.57. The molecule has 0 fully saturated rings. The molecule has 218 valence electrons. The molecule has 0 aliphatic carbocycles. The van der Waals surface area contributed by atoms with Crippen molar-refractivity contribution in [1.29, 1.82) is 0 Å². The Balaban J connectivity index is 1.62. The van der Waals surface area contributed by atoms with Gasteiger partial charge >= 0.3 is 0 Å². The van der Waals surface area contributed by atoms with Crippen molar-refractivity contribution in [3.05, 3.63) is 100 Å². The fourth-order valence-electron chi connectivity index (χ4n) is 5.09. The smallest absolute Gasteiger partial charge is 0.229 e. The minimum Gasteiger partial charge on any atom is -0.458 e. The number of rotatable bonds is 6. The number of aromatic nitrogens is 4. The van der Waals surface area contributed by atoms with Crippen LogP contribution in [0.4, 0.5) is 20.3 Å². The highest BCUT2D eigenvalue weighted by Gasteiger charge is 2.28. The lowest BCUT2D eigenvalue weighted by Gasteiger charge is -2.17. The molecule has 10 nitrogen and oxygen atoms in total. The number of hydrogen-bond donors (Lipinski definition) is 2. The summed E-state index contributed by atoms with van der Waals surface area (Å²) < 4.78 is 63.3. The highest BCUT2D eigenvalue weighted by Crippen LogP contribution is 2.37. The highest BCUT2D eigenvalue weighted by atomic mass is 32.2. The third-order valence-corrected chi connectivity index (χ3v) is 7.67. The SMILES string of the molecule is Cc1ccc(-c2nn(C(C)c3oc4cccc(F)c4c(=O)c3-c3cccc(F)c3)c3ncnc(N)c23)cc1NS(C)(=O)=O. The van der Waals surface area contributed by atoms with Gasteiger partial charge in [-0.25, -0.2) is 31.8 Å². The lowest BCUT2D eigenvalue weighted by Crippen LogP contribution is -2.17. The van der Waals surface area contributed by atoms with E-state index in [1.165, 1.54) is 47.4 Å². The molecular weight excluding hydrogens is 578 g/mol. The van der Waals surface area contributed by atoms with Gasteiger partial charge in [0.15, 0.2) is 5.65 Å². The molecule has 0 saturated heterocycles. The molecule has 0 saturated carbocycles. The van der Waals surface area contributed by atoms with Gasteiger partial charge in [-0.3, -0.25) is 9.52 Å². The van der Waals surface area contributed by atoms with E-state index in [0.29, 0.717) is 33.5 Å². The first-order chi connectivity index (χ1) is 20.4. The van der Waals surface area contributed by atoms with Gasteiger partial charge in [0.2, 0.25) is 15.5 Å². The second-order valence-corrected chi connectivity index (χ2v) is 11.9. The van der Waals surface area contributed by atoms with E-state index >= 15 is 0 Å². The van der Waals surface area contributed by atoms with E-state index in [4.69, 9.17) is 15.2 Å². The Labute approximate surface area is 243 Å². The van der Waals surface area contributed by atoms with Crippen molar-refractivity contribution < 1.29 is 21.6 Å². The quantitative estimate of drug-likeness (QED) is 0.257. The van der Waals surface area contributed by atoms with Crippen LogP contribution in [-0.2, 0) is 10.0 Å². The Kier molecular flexibility index (Phi) is 6.69. The number of sulfonamides is 1. The third kappa shape index (κ3) is 4.97. The van der Waals surface area contributed by atoms with Gasteiger partial charge in [-0.05, 0) is 55.3 Å². The maximum Gasteiger partial charge on any atom is 0.229 e. The molecule has 3 aromatic heterocycles. The van der Waals surface area contributed by atoms with Crippen molar-refractivity contribution in [2.45, 2.75) is 19.9 Å². The van der Waals surface area contributed by atoms with Crippen molar-refractivity contribution >= 4 is 43.5 Å². The zero-order chi connectivity index (χ0) is 30.6. The molecule has 0 radical (unpaired) electrons. The summed E-state index contributed by atoms with van der Waals surface area (Å²) in [5.74, 6) is -1.16. The zero-order valence-corrected chi connectivity index (χ0v) is 23.9. The number of fused-ring (bicyclic) bond motifs is 2. The van der Waals surface area contributed by atoms with Crippen LogP contribution in [0.3, 0.4) is 0 Å². The van der Waals surface area contributed by atoms with Gasteiger partial charge in [0.05, 0.1) is 22.9 Å². The van der Waals surface area contributed by atoms with Crippen LogP contribution < -0.4 is 15.9 Å². The molecule has 1 unspecified atom stereocenters. The number of halogens is 2. The summed E-state index contributed by atoms with van der Waals surface area (Å²) >= 11 is 0. The van der Waals surface area contributed by atoms with Crippen molar-refractivity contribution in [1.82, 2.24) is 19.7 Å². The van der Waals surface area contributed by atoms with Crippen LogP contribution in [-0.4, -0.2) is 34.4 Å². The Morgan fingerprint density at radius 1 is 1.00 bits per heavy atom. The van der Waals surface area contributed by atoms with Crippen LogP contribution in [0.25, 0.3) is 44.4 Å². The van der Waals surface area contributed by atoms with E-state index in [-0.39, 0.29) is 33.7 Å². The number of hydrogen-bond acceptors (Lipinski definition) is 8. The summed E-state index contributed by atoms with van der Waals surface area (Å²) in [5.41, 5.74) is 7.97. The molecule has 1 atom stereocenters. The number of nitrogens with two attached hydrogens (primary N) is 1. The Bertz CT molecular complexity index is 2250. The van der Waals surface area contributed by atoms with Gasteiger partial charge in [0, 0.05) is 5.56 Å². The zero-order valence-electron chi connectivity index (χ0n) is 23.1. The highest BCUT2D eigenvalue weighted by molar-refractivity contribution is 7.92. The first kappa shape index (κ1) is 28.0. The van der Waals surface area contributed by atoms with Crippen LogP contribution in [0.2, 0.25) is 0 Å². The van der Waals surface area contributed by atoms with Gasteiger partial charge in [-0.1, -0.05) is 30.3 Å². The number of nitrogens with zero attached hydrogens (tertiary/aromatic N) is 4. The number of nitrogens with one attached hydrogen (secondary N) is 1. The molecule has 0 aliphatic rings. The number of benzene rings is 3. The van der Waals surface area contributed by atoms with E-state index in [1.807, 2.05) is 0 Å². The van der Waals surface area contributed by atoms with Crippen LogP contribution in [0.5, 0.6) is 0 Å². The second kappa shape index (κ2) is 10.3. The predicted octanol–water partition coefficient (Wildman–Crippen LogP) is 5.42. The van der Waals surface area contributed by atoms with E-state index in [9.17, 15) is 22.0 Å².